The highest BCUT2D eigenvalue weighted by Crippen LogP contribution is 2.36. The number of nitrogens with one attached hydrogen (secondary N) is 1. The van der Waals surface area contributed by atoms with Crippen LogP contribution in [0.1, 0.15) is 50.2 Å². The predicted octanol–water partition coefficient (Wildman–Crippen LogP) is 5.96. The van der Waals surface area contributed by atoms with Gasteiger partial charge in [-0.2, -0.15) is 27.3 Å². The maximum atomic E-state index is 13.9. The van der Waals surface area contributed by atoms with Gasteiger partial charge in [0.2, 0.25) is 0 Å². The first-order valence-electron chi connectivity index (χ1n) is 14.0. The minimum Gasteiger partial charge on any atom is -0.447 e. The second kappa shape index (κ2) is 13.5. The minimum absolute atomic E-state index is 0.0632. The summed E-state index contributed by atoms with van der Waals surface area (Å²) in [6.07, 6.45) is -0.933. The molecule has 2 aromatic carbocycles. The van der Waals surface area contributed by atoms with Gasteiger partial charge >= 0.3 is 19.2 Å². The van der Waals surface area contributed by atoms with Crippen molar-refractivity contribution in [3.63, 3.8) is 0 Å². The molecule has 3 heterocycles. The zero-order valence-electron chi connectivity index (χ0n) is 24.9. The Morgan fingerprint density at radius 2 is 1.73 bits per heavy atom. The van der Waals surface area contributed by atoms with Gasteiger partial charge in [0.15, 0.2) is 17.8 Å². The number of benzene rings is 2. The summed E-state index contributed by atoms with van der Waals surface area (Å²) in [5.74, 6) is -1.13. The van der Waals surface area contributed by atoms with Gasteiger partial charge in [0.25, 0.3) is 12.3 Å². The van der Waals surface area contributed by atoms with Crippen LogP contribution in [0, 0.1) is 0 Å². The Hall–Kier alpha value is -5.13. The Morgan fingerprint density at radius 1 is 1.04 bits per heavy atom. The van der Waals surface area contributed by atoms with Crippen molar-refractivity contribution < 1.29 is 40.7 Å². The van der Waals surface area contributed by atoms with E-state index in [0.29, 0.717) is 26.1 Å². The van der Waals surface area contributed by atoms with Gasteiger partial charge in [0.1, 0.15) is 12.9 Å². The number of rotatable bonds is 11. The van der Waals surface area contributed by atoms with Crippen LogP contribution in [0.4, 0.5) is 31.1 Å². The van der Waals surface area contributed by atoms with Crippen molar-refractivity contribution in [2.24, 2.45) is 10.7 Å². The molecule has 0 fully saturated rings. The molecule has 5 rings (SSSR count). The number of hydrogen-bond acceptors (Lipinski definition) is 8. The van der Waals surface area contributed by atoms with E-state index >= 15 is 0 Å². The zero-order chi connectivity index (χ0) is 34.9. The number of aliphatic imine (C=N–C) groups is 1. The Kier molecular flexibility index (Phi) is 9.65. The van der Waals surface area contributed by atoms with Gasteiger partial charge in [-0.3, -0.25) is 9.69 Å². The molecule has 2 amide bonds. The number of amides is 2. The van der Waals surface area contributed by atoms with Crippen LogP contribution in [0.3, 0.4) is 0 Å². The highest BCUT2D eigenvalue weighted by molar-refractivity contribution is 6.33. The van der Waals surface area contributed by atoms with Crippen molar-refractivity contribution in [2.75, 3.05) is 6.61 Å². The third-order valence-corrected chi connectivity index (χ3v) is 7.65. The van der Waals surface area contributed by atoms with Gasteiger partial charge in [-0.1, -0.05) is 41.9 Å². The molecule has 1 aliphatic rings. The Morgan fingerprint density at radius 3 is 2.33 bits per heavy atom. The molecule has 0 spiro atoms. The van der Waals surface area contributed by atoms with E-state index in [9.17, 15) is 35.9 Å². The second-order valence-corrected chi connectivity index (χ2v) is 11.4. The summed E-state index contributed by atoms with van der Waals surface area (Å²) in [5, 5.41) is 9.45. The molecule has 0 bridgehead atoms. The van der Waals surface area contributed by atoms with Crippen LogP contribution in [0.2, 0.25) is 5.02 Å². The molecule has 0 radical (unpaired) electrons. The van der Waals surface area contributed by atoms with E-state index in [4.69, 9.17) is 22.1 Å². The lowest BCUT2D eigenvalue weighted by atomic mass is 10.00. The number of alkyl halides is 6. The van der Waals surface area contributed by atoms with Crippen LogP contribution in [0.15, 0.2) is 66.2 Å². The number of nitrogens with zero attached hydrogens (tertiary/aromatic N) is 7. The third kappa shape index (κ3) is 7.07. The monoisotopic (exact) mass is 697 g/mol. The van der Waals surface area contributed by atoms with Gasteiger partial charge in [-0.25, -0.2) is 28.2 Å². The Balaban J connectivity index is 1.45. The van der Waals surface area contributed by atoms with Crippen LogP contribution in [-0.2, 0) is 9.53 Å². The number of guanidine groups is 1. The number of ether oxygens (including phenoxy) is 1. The highest BCUT2D eigenvalue weighted by Gasteiger charge is 2.41. The number of aromatic nitrogens is 5. The van der Waals surface area contributed by atoms with Crippen molar-refractivity contribution >= 4 is 29.6 Å². The number of carbonyl (C=O) groups is 2. The Bertz CT molecular complexity index is 1830. The molecule has 2 atom stereocenters. The summed E-state index contributed by atoms with van der Waals surface area (Å²) in [6, 6.07) is 8.07. The average molecular weight is 698 g/mol. The van der Waals surface area contributed by atoms with E-state index < -0.39 is 55.8 Å². The molecule has 19 heteroatoms. The first-order valence-corrected chi connectivity index (χ1v) is 14.3. The van der Waals surface area contributed by atoms with E-state index in [1.807, 2.05) is 0 Å². The van der Waals surface area contributed by atoms with Crippen LogP contribution in [-0.4, -0.2) is 66.0 Å². The lowest BCUT2D eigenvalue weighted by molar-refractivity contribution is -0.129. The van der Waals surface area contributed by atoms with Crippen molar-refractivity contribution in [2.45, 2.75) is 51.0 Å². The molecule has 0 saturated heterocycles. The molecule has 48 heavy (non-hydrogen) atoms. The smallest absolute Gasteiger partial charge is 0.407 e. The molecule has 3 N–H and O–H groups in total. The van der Waals surface area contributed by atoms with Gasteiger partial charge in [0, 0.05) is 17.3 Å². The van der Waals surface area contributed by atoms with Crippen LogP contribution in [0.5, 0.6) is 0 Å². The van der Waals surface area contributed by atoms with E-state index in [0.717, 1.165) is 31.3 Å². The first-order chi connectivity index (χ1) is 22.7. The third-order valence-electron chi connectivity index (χ3n) is 7.32. The minimum atomic E-state index is -2.98. The number of hydrogen-bond donors (Lipinski definition) is 2. The number of carbonyl (C=O) groups excluding carboxylic acids is 2. The quantitative estimate of drug-likeness (QED) is 0.184. The first kappa shape index (κ1) is 34.2. The maximum absolute atomic E-state index is 13.9. The number of nitrogens with two attached hydrogens (primary N) is 1. The zero-order valence-corrected chi connectivity index (χ0v) is 25.7. The molecule has 0 saturated carbocycles. The van der Waals surface area contributed by atoms with E-state index in [-0.39, 0.29) is 27.9 Å². The maximum Gasteiger partial charge on any atom is 0.407 e. The summed E-state index contributed by atoms with van der Waals surface area (Å²) in [4.78, 5) is 35.6. The second-order valence-electron chi connectivity index (χ2n) is 11.0. The fourth-order valence-electron chi connectivity index (χ4n) is 4.72. The molecule has 2 aromatic heterocycles. The fourth-order valence-corrected chi connectivity index (χ4v) is 4.92. The highest BCUT2D eigenvalue weighted by atomic mass is 35.5. The SMILES string of the molecule is CC(C)(NC(=O)OC[C@H](c1ccc(Cl)c(-c2ncn(C(F)F)n2)c1)N1C(=O)[C@@H](c2ccc(-c3cnn(C(F)F)c3)cc2)N=C1N)C(F)F. The summed E-state index contributed by atoms with van der Waals surface area (Å²) in [6.45, 7) is -4.25. The largest absolute Gasteiger partial charge is 0.447 e. The van der Waals surface area contributed by atoms with Crippen molar-refractivity contribution in [1.29, 1.82) is 0 Å². The normalized spacial score (nSPS) is 15.8. The van der Waals surface area contributed by atoms with Crippen molar-refractivity contribution in [1.82, 2.24) is 34.8 Å². The van der Waals surface area contributed by atoms with E-state index in [1.165, 1.54) is 24.4 Å². The predicted molar refractivity (Wildman–Crippen MR) is 159 cm³/mol. The standard InChI is InChI=1S/C29H26ClF6N9O3/c1-29(2,24(31)32)41-28(47)48-12-20(16-7-8-19(30)18(9-16)22-38-13-44(42-22)26(35)36)45-23(46)21(40-27(45)37)15-5-3-14(4-6-15)17-10-39-43(11-17)25(33)34/h3-11,13,20-21,24-26H,12H2,1-2H3,(H2,37,40)(H,41,47)/t20-,21-/m1/s1. The summed E-state index contributed by atoms with van der Waals surface area (Å²) >= 11 is 6.33. The van der Waals surface area contributed by atoms with Gasteiger partial charge in [-0.05, 0) is 42.7 Å². The molecule has 1 aliphatic heterocycles. The molecular formula is C29H26ClF6N9O3. The number of alkyl carbamates (subject to hydrolysis) is 1. The van der Waals surface area contributed by atoms with Gasteiger partial charge in [-0.15, -0.1) is 5.10 Å². The topological polar surface area (TPSA) is 146 Å². The van der Waals surface area contributed by atoms with Gasteiger partial charge < -0.3 is 15.8 Å². The summed E-state index contributed by atoms with van der Waals surface area (Å²) in [5.41, 5.74) is 5.91. The average Bonchev–Trinajstić information content (AvgIpc) is 3.78. The van der Waals surface area contributed by atoms with Crippen molar-refractivity contribution in [3.05, 3.63) is 77.3 Å². The lowest BCUT2D eigenvalue weighted by Crippen LogP contribution is -2.50. The molecule has 0 unspecified atom stereocenters. The fraction of sp³-hybridized carbons (Fsp3) is 0.310. The summed E-state index contributed by atoms with van der Waals surface area (Å²) < 4.78 is 85.1. The van der Waals surface area contributed by atoms with Gasteiger partial charge in [0.05, 0.1) is 22.8 Å². The molecule has 4 aromatic rings. The molecule has 12 nitrogen and oxygen atoms in total. The molecule has 254 valence electrons. The van der Waals surface area contributed by atoms with Crippen molar-refractivity contribution in [3.8, 4) is 22.5 Å². The van der Waals surface area contributed by atoms with Crippen LogP contribution < -0.4 is 11.1 Å². The molecular weight excluding hydrogens is 672 g/mol. The lowest BCUT2D eigenvalue weighted by Gasteiger charge is -2.29. The van der Waals surface area contributed by atoms with E-state index in [1.54, 1.807) is 24.3 Å². The summed E-state index contributed by atoms with van der Waals surface area (Å²) in [7, 11) is 0. The van der Waals surface area contributed by atoms with E-state index in [2.05, 4.69) is 25.5 Å². The number of halogens is 7. The molecule has 0 aliphatic carbocycles. The van der Waals surface area contributed by atoms with Crippen LogP contribution >= 0.6 is 11.6 Å². The Labute approximate surface area is 273 Å². The van der Waals surface area contributed by atoms with Crippen LogP contribution in [0.25, 0.3) is 22.5 Å².